The van der Waals surface area contributed by atoms with Crippen LogP contribution in [0.3, 0.4) is 0 Å². The van der Waals surface area contributed by atoms with Crippen molar-refractivity contribution in [2.24, 2.45) is 0 Å². The van der Waals surface area contributed by atoms with E-state index in [4.69, 9.17) is 30.1 Å². The first-order valence-electron chi connectivity index (χ1n) is 7.71. The summed E-state index contributed by atoms with van der Waals surface area (Å²) < 4.78 is 77.2. The van der Waals surface area contributed by atoms with Crippen molar-refractivity contribution < 1.29 is 35.9 Å². The lowest BCUT2D eigenvalue weighted by Crippen LogP contribution is -2.55. The molecule has 5 unspecified atom stereocenters. The van der Waals surface area contributed by atoms with Crippen LogP contribution in [0.25, 0.3) is 0 Å². The lowest BCUT2D eigenvalue weighted by molar-refractivity contribution is -0.204. The van der Waals surface area contributed by atoms with Gasteiger partial charge in [-0.05, 0) is 25.7 Å². The Bertz CT molecular complexity index is 894. The molecule has 14 heteroatoms. The van der Waals surface area contributed by atoms with Crippen molar-refractivity contribution in [3.63, 3.8) is 0 Å². The summed E-state index contributed by atoms with van der Waals surface area (Å²) in [6.07, 6.45) is -9.66. The molecule has 8 nitrogen and oxygen atoms in total. The summed E-state index contributed by atoms with van der Waals surface area (Å²) in [6.45, 7) is -1.20. The Hall–Kier alpha value is -1.11. The smallest absolute Gasteiger partial charge is 0.330 e. The van der Waals surface area contributed by atoms with Crippen LogP contribution in [-0.2, 0) is 30.1 Å². The second-order valence-electron chi connectivity index (χ2n) is 6.25. The maximum atomic E-state index is 15.0. The van der Waals surface area contributed by atoms with Gasteiger partial charge in [-0.2, -0.15) is 4.39 Å². The number of ether oxygens (including phenoxy) is 1. The van der Waals surface area contributed by atoms with Gasteiger partial charge in [0.05, 0.1) is 18.9 Å². The van der Waals surface area contributed by atoms with Crippen LogP contribution in [0, 0.1) is 5.82 Å². The Kier molecular flexibility index (Phi) is 5.38. The number of hydrogen-bond acceptors (Lipinski definition) is 7. The van der Waals surface area contributed by atoms with Gasteiger partial charge in [0, 0.05) is 0 Å². The normalized spacial score (nSPS) is 36.4. The van der Waals surface area contributed by atoms with E-state index >= 15 is 4.39 Å². The van der Waals surface area contributed by atoms with E-state index in [1.54, 1.807) is 18.8 Å². The second-order valence-corrected chi connectivity index (χ2v) is 9.17. The molecule has 0 aliphatic carbocycles. The van der Waals surface area contributed by atoms with Crippen LogP contribution in [-0.4, -0.2) is 46.6 Å². The number of nitrogens with one attached hydrogen (secondary N) is 1. The maximum Gasteiger partial charge on any atom is 0.330 e. The molecule has 0 radical (unpaired) electrons. The van der Waals surface area contributed by atoms with E-state index in [2.05, 4.69) is 0 Å². The number of aromatic nitrogens is 2. The van der Waals surface area contributed by atoms with Crippen molar-refractivity contribution in [2.75, 3.05) is 6.61 Å². The third kappa shape index (κ3) is 3.52. The van der Waals surface area contributed by atoms with E-state index in [0.29, 0.717) is 10.8 Å². The fourth-order valence-corrected chi connectivity index (χ4v) is 5.37. The summed E-state index contributed by atoms with van der Waals surface area (Å²) in [4.78, 5) is 24.6. The molecule has 2 fully saturated rings. The Labute approximate surface area is 154 Å². The number of aromatic amines is 1. The molecule has 152 valence electrons. The highest BCUT2D eigenvalue weighted by Gasteiger charge is 2.67. The van der Waals surface area contributed by atoms with Crippen molar-refractivity contribution in [2.45, 2.75) is 50.5 Å². The van der Waals surface area contributed by atoms with Gasteiger partial charge >= 0.3 is 12.4 Å². The number of hydrogen-bond donors (Lipinski definition) is 1. The molecule has 0 spiro atoms. The minimum absolute atomic E-state index is 0.333. The average Bonchev–Trinajstić information content (AvgIpc) is 2.84. The molecule has 0 aromatic carbocycles. The first-order valence-corrected chi connectivity index (χ1v) is 10.3. The molecule has 5 atom stereocenters. The highest BCUT2D eigenvalue weighted by atomic mass is 32.5. The minimum Gasteiger partial charge on any atom is -0.337 e. The zero-order chi connectivity index (χ0) is 20.1. The molecule has 3 rings (SSSR count). The van der Waals surface area contributed by atoms with Crippen LogP contribution in [0.5, 0.6) is 0 Å². The van der Waals surface area contributed by atoms with E-state index in [1.807, 2.05) is 0 Å². The highest BCUT2D eigenvalue weighted by molar-refractivity contribution is 8.07. The highest BCUT2D eigenvalue weighted by Crippen LogP contribution is 2.61. The Balaban J connectivity index is 2.01. The lowest BCUT2D eigenvalue weighted by atomic mass is 9.97. The van der Waals surface area contributed by atoms with Gasteiger partial charge in [0.15, 0.2) is 18.0 Å². The number of rotatable bonds is 4. The van der Waals surface area contributed by atoms with Crippen LogP contribution in [0.1, 0.15) is 20.1 Å². The molecule has 0 saturated carbocycles. The number of fused-ring (bicyclic) bond motifs is 1. The SMILES string of the molecule is CC(C)OP1(=S)OCC2(C(F)F)OC(n3cc(F)c(=O)[nH]c3=O)C(F)C2O1. The summed E-state index contributed by atoms with van der Waals surface area (Å²) >= 11 is 5.06. The quantitative estimate of drug-likeness (QED) is 0.569. The third-order valence-corrected chi connectivity index (χ3v) is 6.43. The van der Waals surface area contributed by atoms with Gasteiger partial charge in [-0.25, -0.2) is 18.0 Å². The van der Waals surface area contributed by atoms with E-state index in [-0.39, 0.29) is 0 Å². The van der Waals surface area contributed by atoms with Crippen molar-refractivity contribution in [1.29, 1.82) is 0 Å². The summed E-state index contributed by atoms with van der Waals surface area (Å²) in [7, 11) is 0. The van der Waals surface area contributed by atoms with Crippen molar-refractivity contribution >= 4 is 18.5 Å². The Morgan fingerprint density at radius 2 is 2.11 bits per heavy atom. The fourth-order valence-electron chi connectivity index (χ4n) is 2.80. The molecule has 2 aliphatic heterocycles. The number of alkyl halides is 3. The molecule has 2 saturated heterocycles. The molecule has 1 aromatic heterocycles. The van der Waals surface area contributed by atoms with Crippen molar-refractivity contribution in [1.82, 2.24) is 9.55 Å². The zero-order valence-corrected chi connectivity index (χ0v) is 15.6. The second kappa shape index (κ2) is 7.05. The van der Waals surface area contributed by atoms with Crippen LogP contribution in [0.15, 0.2) is 15.8 Å². The summed E-state index contributed by atoms with van der Waals surface area (Å²) in [6, 6.07) is 0. The predicted octanol–water partition coefficient (Wildman–Crippen LogP) is 1.61. The van der Waals surface area contributed by atoms with Gasteiger partial charge in [-0.3, -0.25) is 18.9 Å². The topological polar surface area (TPSA) is 91.8 Å². The Morgan fingerprint density at radius 3 is 2.70 bits per heavy atom. The van der Waals surface area contributed by atoms with Crippen LogP contribution >= 0.6 is 6.72 Å². The number of H-pyrrole nitrogens is 1. The molecule has 1 aromatic rings. The van der Waals surface area contributed by atoms with Crippen LogP contribution < -0.4 is 11.2 Å². The van der Waals surface area contributed by atoms with Crippen LogP contribution in [0.4, 0.5) is 17.6 Å². The summed E-state index contributed by atoms with van der Waals surface area (Å²) in [5, 5.41) is 0. The van der Waals surface area contributed by atoms with E-state index in [0.717, 1.165) is 0 Å². The molecular weight excluding hydrogens is 419 g/mol. The zero-order valence-electron chi connectivity index (χ0n) is 13.9. The van der Waals surface area contributed by atoms with E-state index in [9.17, 15) is 22.8 Å². The van der Waals surface area contributed by atoms with Gasteiger partial charge in [0.25, 0.3) is 12.0 Å². The Morgan fingerprint density at radius 1 is 1.44 bits per heavy atom. The third-order valence-electron chi connectivity index (χ3n) is 3.98. The largest absolute Gasteiger partial charge is 0.337 e. The van der Waals surface area contributed by atoms with Gasteiger partial charge < -0.3 is 13.8 Å². The standard InChI is InChI=1S/C13H15F4N2O6PS/c1-5(2)24-26(27)22-4-13(11(16)17)8(25-26)7(15)10(23-13)19-3-6(14)9(20)18-12(19)21/h3,5,7-8,10-11H,4H2,1-2H3,(H,18,20,21). The molecule has 27 heavy (non-hydrogen) atoms. The molecule has 1 N–H and O–H groups in total. The van der Waals surface area contributed by atoms with Gasteiger partial charge in [-0.15, -0.1) is 0 Å². The van der Waals surface area contributed by atoms with E-state index < -0.39 is 67.0 Å². The molecular formula is C13H15F4N2O6PS. The lowest BCUT2D eigenvalue weighted by Gasteiger charge is -2.41. The fraction of sp³-hybridized carbons (Fsp3) is 0.692. The summed E-state index contributed by atoms with van der Waals surface area (Å²) in [5.74, 6) is -1.42. The van der Waals surface area contributed by atoms with Gasteiger partial charge in [0.2, 0.25) is 5.82 Å². The number of nitrogens with zero attached hydrogens (tertiary/aromatic N) is 1. The van der Waals surface area contributed by atoms with Crippen molar-refractivity contribution in [3.05, 3.63) is 32.9 Å². The molecule has 2 aliphatic rings. The van der Waals surface area contributed by atoms with E-state index in [1.165, 1.54) is 0 Å². The molecule has 3 heterocycles. The minimum atomic E-state index is -3.55. The summed E-state index contributed by atoms with van der Waals surface area (Å²) in [5.41, 5.74) is -5.17. The predicted molar refractivity (Wildman–Crippen MR) is 86.4 cm³/mol. The van der Waals surface area contributed by atoms with Crippen molar-refractivity contribution in [3.8, 4) is 0 Å². The average molecular weight is 434 g/mol. The first-order chi connectivity index (χ1) is 12.5. The maximum absolute atomic E-state index is 15.0. The van der Waals surface area contributed by atoms with Gasteiger partial charge in [0.1, 0.15) is 6.10 Å². The van der Waals surface area contributed by atoms with Gasteiger partial charge in [-0.1, -0.05) is 0 Å². The monoisotopic (exact) mass is 434 g/mol. The molecule has 0 amide bonds. The molecule has 0 bridgehead atoms. The first kappa shape index (κ1) is 20.6. The number of halogens is 4. The van der Waals surface area contributed by atoms with Crippen LogP contribution in [0.2, 0.25) is 0 Å².